The number of hydrogen-bond donors (Lipinski definition) is 3. The second-order valence-corrected chi connectivity index (χ2v) is 5.70. The lowest BCUT2D eigenvalue weighted by atomic mass is 10.1. The van der Waals surface area contributed by atoms with Crippen LogP contribution in [0.1, 0.15) is 5.56 Å². The maximum atomic E-state index is 5.63. The highest BCUT2D eigenvalue weighted by Crippen LogP contribution is 2.11. The van der Waals surface area contributed by atoms with Gasteiger partial charge in [0, 0.05) is 22.4 Å². The van der Waals surface area contributed by atoms with E-state index in [4.69, 9.17) is 18.0 Å². The molecule has 0 amide bonds. The van der Waals surface area contributed by atoms with Crippen molar-refractivity contribution in [2.24, 2.45) is 0 Å². The molecule has 0 aliphatic heterocycles. The molecule has 0 bridgehead atoms. The molecule has 0 radical (unpaired) electrons. The number of benzene rings is 2. The van der Waals surface area contributed by atoms with Crippen molar-refractivity contribution in [3.8, 4) is 0 Å². The normalized spacial score (nSPS) is 10.1. The van der Waals surface area contributed by atoms with E-state index in [-0.39, 0.29) is 0 Å². The summed E-state index contributed by atoms with van der Waals surface area (Å²) in [5.41, 5.74) is 8.58. The lowest BCUT2D eigenvalue weighted by Crippen LogP contribution is -2.30. The summed E-state index contributed by atoms with van der Waals surface area (Å²) in [5.74, 6) is 0. The molecule has 0 fully saturated rings. The van der Waals surface area contributed by atoms with Gasteiger partial charge in [-0.25, -0.2) is 0 Å². The lowest BCUT2D eigenvalue weighted by molar-refractivity contribution is 0.873. The summed E-state index contributed by atoms with van der Waals surface area (Å²) in [5, 5.41) is 6.93. The van der Waals surface area contributed by atoms with Crippen molar-refractivity contribution < 1.29 is 0 Å². The van der Waals surface area contributed by atoms with Crippen molar-refractivity contribution >= 4 is 44.6 Å². The topological polar surface area (TPSA) is 50.1 Å². The summed E-state index contributed by atoms with van der Waals surface area (Å²) in [6.07, 6.45) is 0.927. The summed E-state index contributed by atoms with van der Waals surface area (Å²) in [6, 6.07) is 15.8. The van der Waals surface area contributed by atoms with Crippen molar-refractivity contribution in [3.05, 3.63) is 58.6 Å². The van der Waals surface area contributed by atoms with E-state index in [0.29, 0.717) is 5.11 Å². The van der Waals surface area contributed by atoms with Crippen LogP contribution in [0, 0.1) is 0 Å². The molecule has 0 aliphatic rings. The molecule has 0 saturated heterocycles. The van der Waals surface area contributed by atoms with Crippen LogP contribution in [0.3, 0.4) is 0 Å². The predicted octanol–water partition coefficient (Wildman–Crippen LogP) is 3.56. The summed E-state index contributed by atoms with van der Waals surface area (Å²) >= 11 is 8.67. The van der Waals surface area contributed by atoms with Gasteiger partial charge in [0.15, 0.2) is 5.11 Å². The van der Waals surface area contributed by atoms with Crippen LogP contribution in [0.5, 0.6) is 0 Å². The maximum Gasteiger partial charge on any atom is 0.170 e. The molecule has 2 aromatic carbocycles. The molecule has 0 aromatic heterocycles. The first-order valence-corrected chi connectivity index (χ1v) is 7.48. The minimum absolute atomic E-state index is 0.617. The van der Waals surface area contributed by atoms with Crippen molar-refractivity contribution in [2.45, 2.75) is 6.42 Å². The largest absolute Gasteiger partial charge is 0.399 e. The Labute approximate surface area is 132 Å². The van der Waals surface area contributed by atoms with E-state index in [1.54, 1.807) is 0 Å². The van der Waals surface area contributed by atoms with Crippen molar-refractivity contribution in [1.29, 1.82) is 0 Å². The van der Waals surface area contributed by atoms with E-state index in [9.17, 15) is 0 Å². The first-order chi connectivity index (χ1) is 9.63. The Hall–Kier alpha value is -1.59. The molecule has 0 unspecified atom stereocenters. The van der Waals surface area contributed by atoms with Gasteiger partial charge in [0.1, 0.15) is 0 Å². The molecule has 2 rings (SSSR count). The number of nitrogen functional groups attached to an aromatic ring is 1. The van der Waals surface area contributed by atoms with Crippen LogP contribution >= 0.6 is 28.1 Å². The van der Waals surface area contributed by atoms with Crippen molar-refractivity contribution in [1.82, 2.24) is 5.32 Å². The highest BCUT2D eigenvalue weighted by atomic mass is 79.9. The third kappa shape index (κ3) is 4.83. The molecule has 20 heavy (non-hydrogen) atoms. The second kappa shape index (κ2) is 7.26. The molecule has 104 valence electrons. The molecule has 5 heteroatoms. The van der Waals surface area contributed by atoms with Gasteiger partial charge in [0.05, 0.1) is 0 Å². The fourth-order valence-corrected chi connectivity index (χ4v) is 2.20. The minimum Gasteiger partial charge on any atom is -0.399 e. The minimum atomic E-state index is 0.617. The van der Waals surface area contributed by atoms with Crippen LogP contribution in [0.15, 0.2) is 53.0 Å². The summed E-state index contributed by atoms with van der Waals surface area (Å²) in [4.78, 5) is 0. The van der Waals surface area contributed by atoms with E-state index in [1.165, 1.54) is 5.56 Å². The van der Waals surface area contributed by atoms with Gasteiger partial charge in [0.25, 0.3) is 0 Å². The zero-order chi connectivity index (χ0) is 14.4. The monoisotopic (exact) mass is 349 g/mol. The number of thiocarbonyl (C=S) groups is 1. The number of rotatable bonds is 4. The van der Waals surface area contributed by atoms with Crippen LogP contribution in [-0.4, -0.2) is 11.7 Å². The maximum absolute atomic E-state index is 5.63. The zero-order valence-electron chi connectivity index (χ0n) is 10.9. The molecule has 0 spiro atoms. The second-order valence-electron chi connectivity index (χ2n) is 4.38. The average molecular weight is 350 g/mol. The standard InChI is InChI=1S/C15H16BrN3S/c16-12-3-1-11(2-4-12)9-10-18-15(20)19-14-7-5-13(17)6-8-14/h1-8H,9-10,17H2,(H2,18,19,20). The number of halogens is 1. The molecular formula is C15H16BrN3S. The van der Waals surface area contributed by atoms with E-state index in [1.807, 2.05) is 36.4 Å². The summed E-state index contributed by atoms with van der Waals surface area (Å²) < 4.78 is 1.09. The first kappa shape index (κ1) is 14.8. The molecular weight excluding hydrogens is 334 g/mol. The summed E-state index contributed by atoms with van der Waals surface area (Å²) in [7, 11) is 0. The smallest absolute Gasteiger partial charge is 0.170 e. The Kier molecular flexibility index (Phi) is 5.38. The lowest BCUT2D eigenvalue weighted by Gasteiger charge is -2.10. The van der Waals surface area contributed by atoms with Gasteiger partial charge in [0.2, 0.25) is 0 Å². The Morgan fingerprint density at radius 2 is 1.70 bits per heavy atom. The van der Waals surface area contributed by atoms with Gasteiger partial charge in [-0.05, 0) is 60.6 Å². The quantitative estimate of drug-likeness (QED) is 0.583. The first-order valence-electron chi connectivity index (χ1n) is 6.28. The molecule has 0 aliphatic carbocycles. The average Bonchev–Trinajstić information content (AvgIpc) is 2.44. The Bertz CT molecular complexity index is 567. The molecule has 3 nitrogen and oxygen atoms in total. The molecule has 0 atom stereocenters. The molecule has 0 saturated carbocycles. The van der Waals surface area contributed by atoms with Crippen LogP contribution in [0.2, 0.25) is 0 Å². The van der Waals surface area contributed by atoms with Gasteiger partial charge < -0.3 is 16.4 Å². The predicted molar refractivity (Wildman–Crippen MR) is 92.9 cm³/mol. The van der Waals surface area contributed by atoms with Crippen LogP contribution in [0.25, 0.3) is 0 Å². The number of nitrogens with one attached hydrogen (secondary N) is 2. The van der Waals surface area contributed by atoms with Crippen LogP contribution in [0.4, 0.5) is 11.4 Å². The molecule has 2 aromatic rings. The van der Waals surface area contributed by atoms with E-state index >= 15 is 0 Å². The van der Waals surface area contributed by atoms with Crippen molar-refractivity contribution in [2.75, 3.05) is 17.6 Å². The Morgan fingerprint density at radius 3 is 2.35 bits per heavy atom. The highest BCUT2D eigenvalue weighted by Gasteiger charge is 1.98. The fraction of sp³-hybridized carbons (Fsp3) is 0.133. The Balaban J connectivity index is 1.75. The van der Waals surface area contributed by atoms with Gasteiger partial charge in [-0.15, -0.1) is 0 Å². The third-order valence-corrected chi connectivity index (χ3v) is 3.56. The van der Waals surface area contributed by atoms with E-state index < -0.39 is 0 Å². The van der Waals surface area contributed by atoms with Gasteiger partial charge in [-0.1, -0.05) is 28.1 Å². The van der Waals surface area contributed by atoms with Gasteiger partial charge >= 0.3 is 0 Å². The van der Waals surface area contributed by atoms with E-state index in [0.717, 1.165) is 28.8 Å². The van der Waals surface area contributed by atoms with Crippen LogP contribution < -0.4 is 16.4 Å². The van der Waals surface area contributed by atoms with Crippen molar-refractivity contribution in [3.63, 3.8) is 0 Å². The highest BCUT2D eigenvalue weighted by molar-refractivity contribution is 9.10. The van der Waals surface area contributed by atoms with E-state index in [2.05, 4.69) is 38.7 Å². The fourth-order valence-electron chi connectivity index (χ4n) is 1.71. The number of nitrogens with two attached hydrogens (primary N) is 1. The Morgan fingerprint density at radius 1 is 1.05 bits per heavy atom. The molecule has 4 N–H and O–H groups in total. The number of hydrogen-bond acceptors (Lipinski definition) is 2. The number of anilines is 2. The summed E-state index contributed by atoms with van der Waals surface area (Å²) in [6.45, 7) is 0.794. The van der Waals surface area contributed by atoms with Gasteiger partial charge in [-0.3, -0.25) is 0 Å². The third-order valence-electron chi connectivity index (χ3n) is 2.78. The molecule has 0 heterocycles. The van der Waals surface area contributed by atoms with Crippen LogP contribution in [-0.2, 0) is 6.42 Å². The van der Waals surface area contributed by atoms with Gasteiger partial charge in [-0.2, -0.15) is 0 Å². The zero-order valence-corrected chi connectivity index (χ0v) is 13.3. The SMILES string of the molecule is Nc1ccc(NC(=S)NCCc2ccc(Br)cc2)cc1.